The predicted molar refractivity (Wildman–Crippen MR) is 48.7 cm³/mol. The summed E-state index contributed by atoms with van der Waals surface area (Å²) < 4.78 is 0. The van der Waals surface area contributed by atoms with Gasteiger partial charge in [0.2, 0.25) is 5.78 Å². The average molecular weight is 158 g/mol. The summed E-state index contributed by atoms with van der Waals surface area (Å²) in [5.74, 6) is 1.93. The van der Waals surface area contributed by atoms with E-state index in [-0.39, 0.29) is 5.78 Å². The molecule has 0 spiro atoms. The van der Waals surface area contributed by atoms with Gasteiger partial charge in [-0.05, 0) is 18.4 Å². The van der Waals surface area contributed by atoms with E-state index in [2.05, 4.69) is 5.92 Å². The summed E-state index contributed by atoms with van der Waals surface area (Å²) >= 11 is 0. The largest absolute Gasteiger partial charge is 0.285 e. The van der Waals surface area contributed by atoms with Gasteiger partial charge in [0.05, 0.1) is 0 Å². The van der Waals surface area contributed by atoms with Crippen molar-refractivity contribution in [1.29, 1.82) is 0 Å². The molecule has 0 N–H and O–H groups in total. The molecule has 0 aliphatic rings. The molecule has 0 aliphatic carbocycles. The Morgan fingerprint density at radius 3 is 2.92 bits per heavy atom. The first kappa shape index (κ1) is 8.55. The van der Waals surface area contributed by atoms with Crippen LogP contribution in [0.15, 0.2) is 24.3 Å². The summed E-state index contributed by atoms with van der Waals surface area (Å²) in [6.45, 7) is 1.99. The van der Waals surface area contributed by atoms with Crippen LogP contribution in [0.1, 0.15) is 11.1 Å². The Kier molecular flexibility index (Phi) is 2.66. The van der Waals surface area contributed by atoms with Crippen LogP contribution in [0.5, 0.6) is 0 Å². The van der Waals surface area contributed by atoms with Crippen LogP contribution >= 0.6 is 0 Å². The summed E-state index contributed by atoms with van der Waals surface area (Å²) in [6.07, 6.45) is 5.30. The molecule has 1 nitrogen and oxygen atoms in total. The molecule has 1 aromatic rings. The lowest BCUT2D eigenvalue weighted by Gasteiger charge is -1.97. The van der Waals surface area contributed by atoms with Crippen LogP contribution in [0.2, 0.25) is 0 Å². The highest BCUT2D eigenvalue weighted by atomic mass is 16.1. The number of aryl methyl sites for hydroxylation is 1. The third kappa shape index (κ3) is 2.25. The lowest BCUT2D eigenvalue weighted by molar-refractivity contribution is -0.113. The highest BCUT2D eigenvalue weighted by Crippen LogP contribution is 2.04. The standard InChI is InChI=1S/C11H10O/c1-3-11(12)8-10-6-4-5-9(2)7-10/h1,4-7H,8H2,2H3. The zero-order valence-corrected chi connectivity index (χ0v) is 7.00. The molecule has 1 heteroatoms. The molecule has 0 fully saturated rings. The first-order chi connectivity index (χ1) is 5.72. The van der Waals surface area contributed by atoms with E-state index in [1.807, 2.05) is 31.2 Å². The van der Waals surface area contributed by atoms with Crippen molar-refractivity contribution in [2.24, 2.45) is 0 Å². The zero-order chi connectivity index (χ0) is 8.97. The number of hydrogen-bond acceptors (Lipinski definition) is 1. The van der Waals surface area contributed by atoms with Crippen molar-refractivity contribution in [3.05, 3.63) is 35.4 Å². The molecule has 12 heavy (non-hydrogen) atoms. The molecular weight excluding hydrogens is 148 g/mol. The first-order valence-corrected chi connectivity index (χ1v) is 3.77. The smallest absolute Gasteiger partial charge is 0.209 e. The summed E-state index contributed by atoms with van der Waals surface area (Å²) in [5, 5.41) is 0. The molecule has 0 atom stereocenters. The predicted octanol–water partition coefficient (Wildman–Crippen LogP) is 1.74. The molecule has 0 heterocycles. The first-order valence-electron chi connectivity index (χ1n) is 3.77. The molecule has 0 aliphatic heterocycles. The molecule has 60 valence electrons. The highest BCUT2D eigenvalue weighted by molar-refractivity contribution is 5.96. The second kappa shape index (κ2) is 3.73. The van der Waals surface area contributed by atoms with E-state index in [4.69, 9.17) is 6.42 Å². The molecular formula is C11H10O. The van der Waals surface area contributed by atoms with Crippen molar-refractivity contribution in [2.75, 3.05) is 0 Å². The minimum absolute atomic E-state index is 0.166. The number of rotatable bonds is 2. The number of Topliss-reactive ketones (excluding diaryl/α,β-unsaturated/α-hetero) is 1. The van der Waals surface area contributed by atoms with Crippen LogP contribution in [-0.4, -0.2) is 5.78 Å². The Balaban J connectivity index is 2.78. The van der Waals surface area contributed by atoms with E-state index in [0.717, 1.165) is 11.1 Å². The number of benzene rings is 1. The molecule has 0 saturated carbocycles. The SMILES string of the molecule is C#CC(=O)Cc1cccc(C)c1. The van der Waals surface area contributed by atoms with Gasteiger partial charge in [-0.1, -0.05) is 29.8 Å². The topological polar surface area (TPSA) is 17.1 Å². The summed E-state index contributed by atoms with van der Waals surface area (Å²) in [4.78, 5) is 10.9. The molecule has 1 rings (SSSR count). The van der Waals surface area contributed by atoms with Crippen LogP contribution in [0.3, 0.4) is 0 Å². The second-order valence-electron chi connectivity index (χ2n) is 2.73. The van der Waals surface area contributed by atoms with Gasteiger partial charge in [0, 0.05) is 6.42 Å². The fourth-order valence-corrected chi connectivity index (χ4v) is 1.06. The number of carbonyl (C=O) groups is 1. The minimum Gasteiger partial charge on any atom is -0.285 e. The normalized spacial score (nSPS) is 9.00. The number of carbonyl (C=O) groups excluding carboxylic acids is 1. The van der Waals surface area contributed by atoms with Gasteiger partial charge in [-0.2, -0.15) is 0 Å². The molecule has 0 radical (unpaired) electrons. The highest BCUT2D eigenvalue weighted by Gasteiger charge is 1.98. The van der Waals surface area contributed by atoms with Crippen molar-refractivity contribution in [2.45, 2.75) is 13.3 Å². The summed E-state index contributed by atoms with van der Waals surface area (Å²) in [7, 11) is 0. The van der Waals surface area contributed by atoms with Crippen molar-refractivity contribution < 1.29 is 4.79 Å². The van der Waals surface area contributed by atoms with Crippen LogP contribution in [0, 0.1) is 19.3 Å². The lowest BCUT2D eigenvalue weighted by atomic mass is 10.1. The van der Waals surface area contributed by atoms with Gasteiger partial charge in [-0.3, -0.25) is 4.79 Å². The molecule has 0 amide bonds. The average Bonchev–Trinajstić information content (AvgIpc) is 2.04. The minimum atomic E-state index is -0.166. The third-order valence-electron chi connectivity index (χ3n) is 1.61. The fraction of sp³-hybridized carbons (Fsp3) is 0.182. The van der Waals surface area contributed by atoms with E-state index in [1.54, 1.807) is 0 Å². The van der Waals surface area contributed by atoms with Crippen molar-refractivity contribution in [3.63, 3.8) is 0 Å². The maximum Gasteiger partial charge on any atom is 0.209 e. The van der Waals surface area contributed by atoms with Crippen molar-refractivity contribution in [1.82, 2.24) is 0 Å². The third-order valence-corrected chi connectivity index (χ3v) is 1.61. The van der Waals surface area contributed by atoms with Crippen LogP contribution in [-0.2, 0) is 11.2 Å². The van der Waals surface area contributed by atoms with Gasteiger partial charge in [0.25, 0.3) is 0 Å². The molecule has 0 aromatic heterocycles. The summed E-state index contributed by atoms with van der Waals surface area (Å²) in [6, 6.07) is 7.79. The van der Waals surface area contributed by atoms with Gasteiger partial charge in [-0.25, -0.2) is 0 Å². The van der Waals surface area contributed by atoms with Crippen LogP contribution in [0.25, 0.3) is 0 Å². The zero-order valence-electron chi connectivity index (χ0n) is 7.00. The lowest BCUT2D eigenvalue weighted by Crippen LogP contribution is -1.98. The Bertz CT molecular complexity index is 331. The maximum atomic E-state index is 10.9. The van der Waals surface area contributed by atoms with Gasteiger partial charge in [0.15, 0.2) is 0 Å². The van der Waals surface area contributed by atoms with Crippen LogP contribution < -0.4 is 0 Å². The maximum absolute atomic E-state index is 10.9. The van der Waals surface area contributed by atoms with E-state index < -0.39 is 0 Å². The Hall–Kier alpha value is -1.55. The summed E-state index contributed by atoms with van der Waals surface area (Å²) in [5.41, 5.74) is 2.13. The molecule has 0 unspecified atom stereocenters. The van der Waals surface area contributed by atoms with E-state index in [9.17, 15) is 4.79 Å². The van der Waals surface area contributed by atoms with Gasteiger partial charge in [0.1, 0.15) is 0 Å². The Morgan fingerprint density at radius 1 is 1.58 bits per heavy atom. The monoisotopic (exact) mass is 158 g/mol. The Labute approximate surface area is 72.4 Å². The van der Waals surface area contributed by atoms with Gasteiger partial charge >= 0.3 is 0 Å². The number of terminal acetylenes is 1. The fourth-order valence-electron chi connectivity index (χ4n) is 1.06. The molecule has 0 bridgehead atoms. The number of ketones is 1. The Morgan fingerprint density at radius 2 is 2.33 bits per heavy atom. The van der Waals surface area contributed by atoms with Gasteiger partial charge < -0.3 is 0 Å². The molecule has 1 aromatic carbocycles. The van der Waals surface area contributed by atoms with Crippen molar-refractivity contribution >= 4 is 5.78 Å². The van der Waals surface area contributed by atoms with E-state index in [0.29, 0.717) is 6.42 Å². The van der Waals surface area contributed by atoms with Gasteiger partial charge in [-0.15, -0.1) is 6.42 Å². The second-order valence-corrected chi connectivity index (χ2v) is 2.73. The number of hydrogen-bond donors (Lipinski definition) is 0. The van der Waals surface area contributed by atoms with E-state index >= 15 is 0 Å². The van der Waals surface area contributed by atoms with E-state index in [1.165, 1.54) is 0 Å². The van der Waals surface area contributed by atoms with Crippen LogP contribution in [0.4, 0.5) is 0 Å². The molecule has 0 saturated heterocycles. The van der Waals surface area contributed by atoms with Crippen molar-refractivity contribution in [3.8, 4) is 12.3 Å². The quantitative estimate of drug-likeness (QED) is 0.473.